The molecule has 1 fully saturated rings. The number of hydrogen-bond donors (Lipinski definition) is 1. The second kappa shape index (κ2) is 10.7. The maximum Gasteiger partial charge on any atom is 0.335 e. The Morgan fingerprint density at radius 2 is 1.69 bits per heavy atom. The molecule has 0 spiro atoms. The number of hydrogen-bond acceptors (Lipinski definition) is 5. The minimum Gasteiger partial charge on any atom is -0.493 e. The fourth-order valence-corrected chi connectivity index (χ4v) is 4.49. The Morgan fingerprint density at radius 3 is 2.34 bits per heavy atom. The van der Waals surface area contributed by atoms with E-state index in [1.807, 2.05) is 24.3 Å². The van der Waals surface area contributed by atoms with E-state index in [4.69, 9.17) is 9.47 Å². The number of rotatable bonds is 6. The zero-order chi connectivity index (χ0) is 25.1. The molecule has 3 aromatic rings. The lowest BCUT2D eigenvalue weighted by molar-refractivity contribution is -0.122. The summed E-state index contributed by atoms with van der Waals surface area (Å²) in [6.45, 7) is 0.333. The maximum absolute atomic E-state index is 13.3. The van der Waals surface area contributed by atoms with Crippen LogP contribution >= 0.6 is 45.2 Å². The molecular formula is C25H17FI2N2O5. The van der Waals surface area contributed by atoms with E-state index in [1.165, 1.54) is 25.3 Å². The predicted molar refractivity (Wildman–Crippen MR) is 145 cm³/mol. The summed E-state index contributed by atoms with van der Waals surface area (Å²) in [6, 6.07) is 15.2. The molecule has 35 heavy (non-hydrogen) atoms. The monoisotopic (exact) mass is 698 g/mol. The first-order valence-electron chi connectivity index (χ1n) is 10.2. The van der Waals surface area contributed by atoms with Crippen molar-refractivity contribution in [3.05, 3.63) is 90.3 Å². The van der Waals surface area contributed by atoms with Gasteiger partial charge in [-0.1, -0.05) is 12.1 Å². The van der Waals surface area contributed by atoms with Crippen LogP contribution in [0.5, 0.6) is 11.5 Å². The highest BCUT2D eigenvalue weighted by atomic mass is 127. The van der Waals surface area contributed by atoms with Crippen LogP contribution in [0, 0.1) is 13.0 Å². The summed E-state index contributed by atoms with van der Waals surface area (Å²) in [5.41, 5.74) is 1.38. The Labute approximate surface area is 227 Å². The lowest BCUT2D eigenvalue weighted by atomic mass is 10.1. The molecule has 7 nitrogen and oxygen atoms in total. The molecular weight excluding hydrogens is 681 g/mol. The standard InChI is InChI=1S/C25H17FI2N2O5/c1-34-21-12-15(11-20(28)22(21)35-13-14-2-6-17(27)7-3-14)10-19-23(31)29-25(33)30(24(19)32)18-8-4-16(26)5-9-18/h2-12H,13H2,1H3,(H,29,31,33)/b19-10+. The number of urea groups is 1. The van der Waals surface area contributed by atoms with Crippen LogP contribution in [0.25, 0.3) is 6.08 Å². The fourth-order valence-electron chi connectivity index (χ4n) is 3.35. The van der Waals surface area contributed by atoms with E-state index < -0.39 is 23.7 Å². The first kappa shape index (κ1) is 25.1. The van der Waals surface area contributed by atoms with Gasteiger partial charge in [-0.3, -0.25) is 14.9 Å². The average Bonchev–Trinajstić information content (AvgIpc) is 2.83. The SMILES string of the molecule is COc1cc(/C=C2\C(=O)NC(=O)N(c3ccc(F)cc3)C2=O)cc(I)c1OCc1ccc(I)cc1. The van der Waals surface area contributed by atoms with Crippen molar-refractivity contribution in [2.24, 2.45) is 0 Å². The zero-order valence-electron chi connectivity index (χ0n) is 18.2. The normalized spacial score (nSPS) is 14.8. The van der Waals surface area contributed by atoms with Gasteiger partial charge in [0.2, 0.25) is 0 Å². The van der Waals surface area contributed by atoms with Crippen molar-refractivity contribution in [3.8, 4) is 11.5 Å². The molecule has 1 saturated heterocycles. The number of halogens is 3. The highest BCUT2D eigenvalue weighted by Crippen LogP contribution is 2.35. The van der Waals surface area contributed by atoms with Gasteiger partial charge in [-0.2, -0.15) is 0 Å². The summed E-state index contributed by atoms with van der Waals surface area (Å²) in [5.74, 6) is -1.22. The zero-order valence-corrected chi connectivity index (χ0v) is 22.5. The molecule has 0 unspecified atom stereocenters. The van der Waals surface area contributed by atoms with E-state index in [9.17, 15) is 18.8 Å². The van der Waals surface area contributed by atoms with Crippen LogP contribution in [0.2, 0.25) is 0 Å². The molecule has 0 bridgehead atoms. The molecule has 0 atom stereocenters. The van der Waals surface area contributed by atoms with Gasteiger partial charge in [0.25, 0.3) is 11.8 Å². The number of amides is 4. The Bertz CT molecular complexity index is 1340. The van der Waals surface area contributed by atoms with Gasteiger partial charge in [-0.05, 0) is 111 Å². The van der Waals surface area contributed by atoms with Crippen LogP contribution in [-0.2, 0) is 16.2 Å². The Hall–Kier alpha value is -3.00. The minimum atomic E-state index is -0.907. The van der Waals surface area contributed by atoms with Crippen LogP contribution in [0.15, 0.2) is 66.2 Å². The molecule has 0 aliphatic carbocycles. The molecule has 1 N–H and O–H groups in total. The Balaban J connectivity index is 1.63. The third-order valence-corrected chi connectivity index (χ3v) is 6.57. The predicted octanol–water partition coefficient (Wildman–Crippen LogP) is 5.29. The quantitative estimate of drug-likeness (QED) is 0.215. The highest BCUT2D eigenvalue weighted by Gasteiger charge is 2.36. The summed E-state index contributed by atoms with van der Waals surface area (Å²) in [6.07, 6.45) is 1.37. The fraction of sp³-hybridized carbons (Fsp3) is 0.0800. The first-order valence-corrected chi connectivity index (χ1v) is 12.3. The number of nitrogens with one attached hydrogen (secondary N) is 1. The number of anilines is 1. The van der Waals surface area contributed by atoms with E-state index >= 15 is 0 Å². The van der Waals surface area contributed by atoms with Crippen LogP contribution in [-0.4, -0.2) is 25.0 Å². The van der Waals surface area contributed by atoms with Crippen molar-refractivity contribution in [2.45, 2.75) is 6.61 Å². The van der Waals surface area contributed by atoms with Gasteiger partial charge in [0, 0.05) is 3.57 Å². The van der Waals surface area contributed by atoms with Gasteiger partial charge in [0.05, 0.1) is 16.4 Å². The van der Waals surface area contributed by atoms with Gasteiger partial charge >= 0.3 is 6.03 Å². The van der Waals surface area contributed by atoms with Gasteiger partial charge < -0.3 is 9.47 Å². The van der Waals surface area contributed by atoms with Crippen molar-refractivity contribution in [3.63, 3.8) is 0 Å². The number of ether oxygens (including phenoxy) is 2. The molecule has 0 saturated carbocycles. The molecule has 0 radical (unpaired) electrons. The van der Waals surface area contributed by atoms with E-state index in [0.717, 1.165) is 26.2 Å². The van der Waals surface area contributed by atoms with E-state index in [-0.39, 0.29) is 11.3 Å². The smallest absolute Gasteiger partial charge is 0.335 e. The van der Waals surface area contributed by atoms with Crippen molar-refractivity contribution >= 4 is 74.8 Å². The van der Waals surface area contributed by atoms with Gasteiger partial charge in [-0.15, -0.1) is 0 Å². The summed E-state index contributed by atoms with van der Waals surface area (Å²) in [4.78, 5) is 38.6. The minimum absolute atomic E-state index is 0.138. The highest BCUT2D eigenvalue weighted by molar-refractivity contribution is 14.1. The third-order valence-electron chi connectivity index (χ3n) is 5.05. The van der Waals surface area contributed by atoms with Crippen molar-refractivity contribution in [1.82, 2.24) is 5.32 Å². The summed E-state index contributed by atoms with van der Waals surface area (Å²) >= 11 is 4.32. The largest absolute Gasteiger partial charge is 0.493 e. The lowest BCUT2D eigenvalue weighted by Crippen LogP contribution is -2.54. The van der Waals surface area contributed by atoms with Gasteiger partial charge in [0.1, 0.15) is 18.0 Å². The molecule has 178 valence electrons. The molecule has 1 aliphatic heterocycles. The topological polar surface area (TPSA) is 84.9 Å². The van der Waals surface area contributed by atoms with Gasteiger partial charge in [-0.25, -0.2) is 14.1 Å². The number of imide groups is 2. The summed E-state index contributed by atoms with van der Waals surface area (Å²) < 4.78 is 26.6. The van der Waals surface area contributed by atoms with Crippen LogP contribution < -0.4 is 19.7 Å². The Kier molecular flexibility index (Phi) is 7.69. The van der Waals surface area contributed by atoms with Crippen LogP contribution in [0.4, 0.5) is 14.9 Å². The molecule has 4 rings (SSSR count). The number of nitrogens with zero attached hydrogens (tertiary/aromatic N) is 1. The maximum atomic E-state index is 13.3. The molecule has 3 aromatic carbocycles. The van der Waals surface area contributed by atoms with Crippen LogP contribution in [0.1, 0.15) is 11.1 Å². The van der Waals surface area contributed by atoms with E-state index in [1.54, 1.807) is 12.1 Å². The van der Waals surface area contributed by atoms with Crippen molar-refractivity contribution < 1.29 is 28.2 Å². The Morgan fingerprint density at radius 1 is 1.00 bits per heavy atom. The van der Waals surface area contributed by atoms with Crippen molar-refractivity contribution in [1.29, 1.82) is 0 Å². The number of benzene rings is 3. The number of carbonyl (C=O) groups is 3. The second-order valence-electron chi connectivity index (χ2n) is 7.38. The lowest BCUT2D eigenvalue weighted by Gasteiger charge is -2.26. The number of methoxy groups -OCH3 is 1. The molecule has 1 aliphatic rings. The molecule has 4 amide bonds. The summed E-state index contributed by atoms with van der Waals surface area (Å²) in [5, 5.41) is 2.15. The molecule has 10 heteroatoms. The summed E-state index contributed by atoms with van der Waals surface area (Å²) in [7, 11) is 1.49. The molecule has 1 heterocycles. The first-order chi connectivity index (χ1) is 16.8. The third kappa shape index (κ3) is 5.64. The van der Waals surface area contributed by atoms with Gasteiger partial charge in [0.15, 0.2) is 11.5 Å². The molecule has 0 aromatic heterocycles. The average molecular weight is 698 g/mol. The number of carbonyl (C=O) groups excluding carboxylic acids is 3. The van der Waals surface area contributed by atoms with E-state index in [2.05, 4.69) is 50.5 Å². The second-order valence-corrected chi connectivity index (χ2v) is 9.79. The van der Waals surface area contributed by atoms with Crippen molar-refractivity contribution in [2.75, 3.05) is 12.0 Å². The van der Waals surface area contributed by atoms with Crippen LogP contribution in [0.3, 0.4) is 0 Å². The number of barbiturate groups is 1. The van der Waals surface area contributed by atoms with E-state index in [0.29, 0.717) is 27.2 Å².